The van der Waals surface area contributed by atoms with Gasteiger partial charge in [-0.05, 0) is 38.5 Å². The molecule has 26 heavy (non-hydrogen) atoms. The summed E-state index contributed by atoms with van der Waals surface area (Å²) in [7, 11) is 0. The molecule has 0 rings (SSSR count). The average Bonchev–Trinajstić information content (AvgIpc) is 2.66. The molecule has 0 bridgehead atoms. The van der Waals surface area contributed by atoms with E-state index >= 15 is 0 Å². The third-order valence-electron chi connectivity index (χ3n) is 4.38. The second-order valence-corrected chi connectivity index (χ2v) is 7.70. The van der Waals surface area contributed by atoms with E-state index in [0.29, 0.717) is 19.4 Å². The maximum Gasteiger partial charge on any atom is 0.324 e. The molecule has 0 aromatic heterocycles. The predicted octanol–water partition coefficient (Wildman–Crippen LogP) is 6.01. The molecule has 0 saturated carbocycles. The molecule has 3 atom stereocenters. The van der Waals surface area contributed by atoms with Crippen LogP contribution in [0.5, 0.6) is 0 Å². The van der Waals surface area contributed by atoms with E-state index in [1.165, 1.54) is 12.8 Å². The Kier molecular flexibility index (Phi) is 16.4. The molecule has 6 heteroatoms. The lowest BCUT2D eigenvalue weighted by Crippen LogP contribution is -2.24. The highest BCUT2D eigenvalue weighted by molar-refractivity contribution is 6.30. The number of hydrogen-bond donors (Lipinski definition) is 0. The number of esters is 2. The Morgan fingerprint density at radius 3 is 1.77 bits per heavy atom. The molecule has 0 aliphatic rings. The summed E-state index contributed by atoms with van der Waals surface area (Å²) in [5.41, 5.74) is 0. The number of ether oxygens (including phenoxy) is 2. The lowest BCUT2D eigenvalue weighted by atomic mass is 10.1. The summed E-state index contributed by atoms with van der Waals surface area (Å²) >= 11 is 11.7. The van der Waals surface area contributed by atoms with Crippen LogP contribution in [0.4, 0.5) is 0 Å². The van der Waals surface area contributed by atoms with Crippen LogP contribution in [-0.2, 0) is 19.1 Å². The first-order chi connectivity index (χ1) is 12.5. The quantitative estimate of drug-likeness (QED) is 0.177. The maximum atomic E-state index is 11.7. The van der Waals surface area contributed by atoms with Crippen molar-refractivity contribution in [3.8, 4) is 0 Å². The van der Waals surface area contributed by atoms with Crippen molar-refractivity contribution in [2.45, 2.75) is 108 Å². The molecular formula is C20H36Cl2O4. The molecule has 0 N–H and O–H groups in total. The van der Waals surface area contributed by atoms with Crippen LogP contribution >= 0.6 is 23.2 Å². The molecule has 3 unspecified atom stereocenters. The van der Waals surface area contributed by atoms with Gasteiger partial charge in [-0.1, -0.05) is 52.9 Å². The van der Waals surface area contributed by atoms with Crippen LogP contribution in [0.25, 0.3) is 0 Å². The molecule has 0 saturated heterocycles. The Labute approximate surface area is 169 Å². The minimum atomic E-state index is -0.527. The summed E-state index contributed by atoms with van der Waals surface area (Å²) in [5.74, 6) is -0.596. The Bertz CT molecular complexity index is 377. The van der Waals surface area contributed by atoms with Crippen LogP contribution in [0.1, 0.15) is 91.4 Å². The van der Waals surface area contributed by atoms with Crippen LogP contribution < -0.4 is 0 Å². The summed E-state index contributed by atoms with van der Waals surface area (Å²) in [6, 6.07) is 0. The van der Waals surface area contributed by atoms with Gasteiger partial charge in [0.15, 0.2) is 0 Å². The Morgan fingerprint density at radius 2 is 1.23 bits per heavy atom. The summed E-state index contributed by atoms with van der Waals surface area (Å²) in [6.45, 7) is 6.24. The Balaban J connectivity index is 3.54. The highest BCUT2D eigenvalue weighted by atomic mass is 35.5. The second kappa shape index (κ2) is 16.7. The van der Waals surface area contributed by atoms with Gasteiger partial charge < -0.3 is 9.47 Å². The molecule has 0 aliphatic heterocycles. The summed E-state index contributed by atoms with van der Waals surface area (Å²) in [6.07, 6.45) is 10.6. The van der Waals surface area contributed by atoms with Crippen molar-refractivity contribution in [2.24, 2.45) is 0 Å². The maximum absolute atomic E-state index is 11.7. The lowest BCUT2D eigenvalue weighted by molar-refractivity contribution is -0.149. The molecular weight excluding hydrogens is 375 g/mol. The fourth-order valence-corrected chi connectivity index (χ4v) is 2.65. The number of halogens is 2. The van der Waals surface area contributed by atoms with Crippen molar-refractivity contribution in [2.75, 3.05) is 6.61 Å². The van der Waals surface area contributed by atoms with Crippen molar-refractivity contribution >= 4 is 35.1 Å². The summed E-state index contributed by atoms with van der Waals surface area (Å²) in [5, 5.41) is -1.04. The minimum absolute atomic E-state index is 0.0149. The van der Waals surface area contributed by atoms with Crippen molar-refractivity contribution in [1.82, 2.24) is 0 Å². The van der Waals surface area contributed by atoms with E-state index in [-0.39, 0.29) is 18.0 Å². The minimum Gasteiger partial charge on any atom is -0.465 e. The number of carbonyl (C=O) groups is 2. The van der Waals surface area contributed by atoms with E-state index in [0.717, 1.165) is 44.9 Å². The van der Waals surface area contributed by atoms with E-state index < -0.39 is 10.8 Å². The topological polar surface area (TPSA) is 52.6 Å². The standard InChI is InChI=1S/C20H36Cl2O4/c1-4-16(26-20(24)18(22)6-3)14-12-10-8-7-9-11-13-15-25-19(23)17(21)5-2/h16-18H,4-15H2,1-3H3. The van der Waals surface area contributed by atoms with Crippen LogP contribution in [0.2, 0.25) is 0 Å². The fourth-order valence-electron chi connectivity index (χ4n) is 2.54. The van der Waals surface area contributed by atoms with Gasteiger partial charge in [0.1, 0.15) is 16.9 Å². The normalized spacial score (nSPS) is 14.5. The van der Waals surface area contributed by atoms with Gasteiger partial charge in [-0.25, -0.2) is 0 Å². The number of unbranched alkanes of at least 4 members (excludes halogenated alkanes) is 6. The molecule has 4 nitrogen and oxygen atoms in total. The molecule has 0 aromatic carbocycles. The van der Waals surface area contributed by atoms with E-state index in [9.17, 15) is 9.59 Å². The van der Waals surface area contributed by atoms with Gasteiger partial charge in [-0.3, -0.25) is 9.59 Å². The van der Waals surface area contributed by atoms with Crippen LogP contribution in [-0.4, -0.2) is 35.4 Å². The zero-order valence-electron chi connectivity index (χ0n) is 16.6. The summed E-state index contributed by atoms with van der Waals surface area (Å²) in [4.78, 5) is 23.1. The highest BCUT2D eigenvalue weighted by Gasteiger charge is 2.18. The van der Waals surface area contributed by atoms with Crippen molar-refractivity contribution in [1.29, 1.82) is 0 Å². The largest absolute Gasteiger partial charge is 0.465 e. The molecule has 0 aliphatic carbocycles. The smallest absolute Gasteiger partial charge is 0.324 e. The second-order valence-electron chi connectivity index (χ2n) is 6.65. The number of carbonyl (C=O) groups excluding carboxylic acids is 2. The van der Waals surface area contributed by atoms with Crippen molar-refractivity contribution in [3.63, 3.8) is 0 Å². The first kappa shape index (κ1) is 25.5. The Morgan fingerprint density at radius 1 is 0.731 bits per heavy atom. The zero-order chi connectivity index (χ0) is 19.8. The van der Waals surface area contributed by atoms with E-state index in [1.807, 2.05) is 20.8 Å². The average molecular weight is 411 g/mol. The molecule has 0 heterocycles. The lowest BCUT2D eigenvalue weighted by Gasteiger charge is -2.17. The Hall–Kier alpha value is -0.480. The number of alkyl halides is 2. The van der Waals surface area contributed by atoms with Gasteiger partial charge in [0.05, 0.1) is 6.61 Å². The highest BCUT2D eigenvalue weighted by Crippen LogP contribution is 2.15. The van der Waals surface area contributed by atoms with Crippen LogP contribution in [0.15, 0.2) is 0 Å². The third kappa shape index (κ3) is 12.8. The van der Waals surface area contributed by atoms with Gasteiger partial charge in [-0.2, -0.15) is 0 Å². The fraction of sp³-hybridized carbons (Fsp3) is 0.900. The molecule has 0 aromatic rings. The monoisotopic (exact) mass is 410 g/mol. The number of rotatable bonds is 16. The van der Waals surface area contributed by atoms with Gasteiger partial charge >= 0.3 is 11.9 Å². The summed E-state index contributed by atoms with van der Waals surface area (Å²) < 4.78 is 10.6. The number of hydrogen-bond acceptors (Lipinski definition) is 4. The predicted molar refractivity (Wildman–Crippen MR) is 108 cm³/mol. The van der Waals surface area contributed by atoms with Crippen molar-refractivity contribution < 1.29 is 19.1 Å². The van der Waals surface area contributed by atoms with Crippen LogP contribution in [0, 0.1) is 0 Å². The third-order valence-corrected chi connectivity index (χ3v) is 5.35. The van der Waals surface area contributed by atoms with E-state index in [2.05, 4.69) is 0 Å². The first-order valence-electron chi connectivity index (χ1n) is 10.1. The van der Waals surface area contributed by atoms with E-state index in [1.54, 1.807) is 0 Å². The molecule has 154 valence electrons. The molecule has 0 amide bonds. The van der Waals surface area contributed by atoms with Gasteiger partial charge in [0.2, 0.25) is 0 Å². The molecule has 0 radical (unpaired) electrons. The van der Waals surface area contributed by atoms with Gasteiger partial charge in [0.25, 0.3) is 0 Å². The van der Waals surface area contributed by atoms with E-state index in [4.69, 9.17) is 32.7 Å². The molecule has 0 fully saturated rings. The van der Waals surface area contributed by atoms with Gasteiger partial charge in [0, 0.05) is 0 Å². The zero-order valence-corrected chi connectivity index (χ0v) is 18.1. The van der Waals surface area contributed by atoms with Gasteiger partial charge in [-0.15, -0.1) is 23.2 Å². The van der Waals surface area contributed by atoms with Crippen molar-refractivity contribution in [3.05, 3.63) is 0 Å². The molecule has 0 spiro atoms. The van der Waals surface area contributed by atoms with Crippen LogP contribution in [0.3, 0.4) is 0 Å². The SMILES string of the molecule is CCC(CCCCCCCCCOC(=O)C(Cl)CC)OC(=O)C(Cl)CC. The first-order valence-corrected chi connectivity index (χ1v) is 11.0.